The Hall–Kier alpha value is -1.96. The molecule has 10 atom stereocenters. The van der Waals surface area contributed by atoms with Gasteiger partial charge in [-0.2, -0.15) is 0 Å². The number of hydrogen-bond donors (Lipinski definition) is 5. The quantitative estimate of drug-likeness (QED) is 0.129. The molecule has 0 aromatic heterocycles. The van der Waals surface area contributed by atoms with Gasteiger partial charge in [0.25, 0.3) is 0 Å². The summed E-state index contributed by atoms with van der Waals surface area (Å²) in [5.41, 5.74) is 1.98. The van der Waals surface area contributed by atoms with Crippen LogP contribution in [0.25, 0.3) is 0 Å². The third-order valence-electron chi connectivity index (χ3n) is 7.66. The minimum atomic E-state index is -1.60. The summed E-state index contributed by atoms with van der Waals surface area (Å²) in [4.78, 5) is 24.5. The van der Waals surface area contributed by atoms with E-state index in [4.69, 9.17) is 24.1 Å². The van der Waals surface area contributed by atoms with Crippen molar-refractivity contribution in [1.82, 2.24) is 0 Å². The van der Waals surface area contributed by atoms with Gasteiger partial charge < -0.3 is 44.5 Å². The second kappa shape index (κ2) is 13.9. The number of rotatable bonds is 12. The van der Waals surface area contributed by atoms with Crippen molar-refractivity contribution in [3.05, 3.63) is 35.1 Å². The zero-order chi connectivity index (χ0) is 28.0. The molecule has 0 aromatic carbocycles. The second-order valence-corrected chi connectivity index (χ2v) is 10.3. The summed E-state index contributed by atoms with van der Waals surface area (Å²) in [6.45, 7) is 4.83. The Labute approximate surface area is 222 Å². The van der Waals surface area contributed by atoms with Gasteiger partial charge >= 0.3 is 0 Å². The van der Waals surface area contributed by atoms with Crippen LogP contribution in [0.15, 0.2) is 35.1 Å². The van der Waals surface area contributed by atoms with Gasteiger partial charge in [-0.05, 0) is 44.6 Å². The molecule has 0 spiro atoms. The van der Waals surface area contributed by atoms with Crippen LogP contribution in [0.5, 0.6) is 0 Å². The number of aliphatic hydroxyl groups excluding tert-OH is 5. The molecule has 0 amide bonds. The molecule has 3 aliphatic rings. The fourth-order valence-corrected chi connectivity index (χ4v) is 5.36. The summed E-state index contributed by atoms with van der Waals surface area (Å²) >= 11 is 0. The Morgan fingerprint density at radius 2 is 1.84 bits per heavy atom. The predicted octanol–water partition coefficient (Wildman–Crippen LogP) is 0.134. The highest BCUT2D eigenvalue weighted by Crippen LogP contribution is 2.48. The maximum absolute atomic E-state index is 12.7. The van der Waals surface area contributed by atoms with Gasteiger partial charge in [0.05, 0.1) is 25.6 Å². The number of ketones is 1. The van der Waals surface area contributed by atoms with E-state index in [2.05, 4.69) is 0 Å². The second-order valence-electron chi connectivity index (χ2n) is 10.3. The lowest BCUT2D eigenvalue weighted by Gasteiger charge is -2.43. The van der Waals surface area contributed by atoms with E-state index in [1.54, 1.807) is 13.0 Å². The van der Waals surface area contributed by atoms with E-state index in [1.807, 2.05) is 19.9 Å². The fourth-order valence-electron chi connectivity index (χ4n) is 5.36. The highest BCUT2D eigenvalue weighted by atomic mass is 16.8. The summed E-state index contributed by atoms with van der Waals surface area (Å²) in [7, 11) is 0. The van der Waals surface area contributed by atoms with Crippen molar-refractivity contribution in [3.63, 3.8) is 0 Å². The molecule has 2 fully saturated rings. The van der Waals surface area contributed by atoms with E-state index < -0.39 is 55.6 Å². The van der Waals surface area contributed by atoms with Crippen LogP contribution in [0.2, 0.25) is 0 Å². The van der Waals surface area contributed by atoms with Crippen LogP contribution in [-0.2, 0) is 28.5 Å². The van der Waals surface area contributed by atoms with Crippen molar-refractivity contribution in [3.8, 4) is 0 Å². The molecule has 1 aliphatic carbocycles. The largest absolute Gasteiger partial charge is 0.472 e. The van der Waals surface area contributed by atoms with Crippen LogP contribution in [0.3, 0.4) is 0 Å². The van der Waals surface area contributed by atoms with Gasteiger partial charge in [-0.3, -0.25) is 9.59 Å². The highest BCUT2D eigenvalue weighted by Gasteiger charge is 2.53. The Morgan fingerprint density at radius 3 is 2.50 bits per heavy atom. The van der Waals surface area contributed by atoms with Crippen molar-refractivity contribution in [2.75, 3.05) is 19.8 Å². The van der Waals surface area contributed by atoms with Crippen molar-refractivity contribution < 1.29 is 54.1 Å². The van der Waals surface area contributed by atoms with Crippen molar-refractivity contribution in [2.45, 2.75) is 83.1 Å². The number of carbonyl (C=O) groups is 2. The number of fused-ring (bicyclic) bond motifs is 1. The van der Waals surface area contributed by atoms with E-state index >= 15 is 0 Å². The van der Waals surface area contributed by atoms with Crippen LogP contribution >= 0.6 is 0 Å². The Bertz CT molecular complexity index is 911. The van der Waals surface area contributed by atoms with Gasteiger partial charge in [0.2, 0.25) is 6.29 Å². The molecule has 214 valence electrons. The van der Waals surface area contributed by atoms with Gasteiger partial charge in [-0.25, -0.2) is 0 Å². The SMILES string of the molecule is CC(=CCO)CCC=C(C)C(=O)COC1CC(C)C2C(OC3OC(CO)C(O)C(O)C3O)OC=C(C=O)C12. The summed E-state index contributed by atoms with van der Waals surface area (Å²) in [5.74, 6) is -1.04. The van der Waals surface area contributed by atoms with E-state index in [-0.39, 0.29) is 30.8 Å². The zero-order valence-electron chi connectivity index (χ0n) is 22.0. The normalized spacial score (nSPS) is 37.8. The smallest absolute Gasteiger partial charge is 0.205 e. The van der Waals surface area contributed by atoms with E-state index in [1.165, 1.54) is 6.26 Å². The lowest BCUT2D eigenvalue weighted by molar-refractivity contribution is -0.342. The predicted molar refractivity (Wildman–Crippen MR) is 133 cm³/mol. The van der Waals surface area contributed by atoms with E-state index in [0.29, 0.717) is 30.3 Å². The van der Waals surface area contributed by atoms with Gasteiger partial charge in [0, 0.05) is 17.4 Å². The molecule has 3 rings (SSSR count). The molecule has 0 radical (unpaired) electrons. The molecular weight excluding hydrogens is 500 g/mol. The van der Waals surface area contributed by atoms with Crippen molar-refractivity contribution in [1.29, 1.82) is 0 Å². The first-order valence-electron chi connectivity index (χ1n) is 13.0. The molecule has 11 heteroatoms. The third-order valence-corrected chi connectivity index (χ3v) is 7.66. The standard InChI is InChI=1S/C27H40O11/c1-14(7-8-28)5-4-6-15(2)18(31)13-35-19-9-16(3)21-22(19)17(10-29)12-36-26(21)38-27-25(34)24(33)23(32)20(11-30)37-27/h6-7,10,12,16,19-28,30,32-34H,4-5,8-9,11,13H2,1-3H3. The number of carbonyl (C=O) groups excluding carboxylic acids is 2. The monoisotopic (exact) mass is 540 g/mol. The molecule has 11 nitrogen and oxygen atoms in total. The van der Waals surface area contributed by atoms with E-state index in [9.17, 15) is 30.0 Å². The van der Waals surface area contributed by atoms with E-state index in [0.717, 1.165) is 12.0 Å². The number of allylic oxidation sites excluding steroid dienone is 2. The molecule has 0 aromatic rings. The highest BCUT2D eigenvalue weighted by molar-refractivity contribution is 5.95. The number of aliphatic hydroxyl groups is 5. The number of hydrogen-bond acceptors (Lipinski definition) is 11. The maximum atomic E-state index is 12.7. The summed E-state index contributed by atoms with van der Waals surface area (Å²) in [5, 5.41) is 48.9. The van der Waals surface area contributed by atoms with Gasteiger partial charge in [0.15, 0.2) is 12.1 Å². The summed E-state index contributed by atoms with van der Waals surface area (Å²) in [6.07, 6.45) is -1.20. The molecule has 2 heterocycles. The molecule has 10 unspecified atom stereocenters. The van der Waals surface area contributed by atoms with Gasteiger partial charge in [0.1, 0.15) is 37.3 Å². The third kappa shape index (κ3) is 6.97. The molecule has 2 aliphatic heterocycles. The number of aldehydes is 1. The molecule has 38 heavy (non-hydrogen) atoms. The number of ether oxygens (including phenoxy) is 4. The summed E-state index contributed by atoms with van der Waals surface area (Å²) < 4.78 is 23.0. The Balaban J connectivity index is 1.65. The van der Waals surface area contributed by atoms with Crippen LogP contribution < -0.4 is 0 Å². The average Bonchev–Trinajstić information content (AvgIpc) is 3.24. The van der Waals surface area contributed by atoms with Crippen LogP contribution in [0.1, 0.15) is 40.0 Å². The first kappa shape index (κ1) is 30.6. The van der Waals surface area contributed by atoms with Gasteiger partial charge in [-0.1, -0.05) is 24.6 Å². The molecular formula is C27H40O11. The Kier molecular flexibility index (Phi) is 11.2. The van der Waals surface area contributed by atoms with Gasteiger partial charge in [-0.15, -0.1) is 0 Å². The van der Waals surface area contributed by atoms with Crippen LogP contribution in [-0.4, -0.2) is 101 Å². The fraction of sp³-hybridized carbons (Fsp3) is 0.704. The topological polar surface area (TPSA) is 172 Å². The van der Waals surface area contributed by atoms with Crippen molar-refractivity contribution >= 4 is 12.1 Å². The maximum Gasteiger partial charge on any atom is 0.205 e. The van der Waals surface area contributed by atoms with Crippen LogP contribution in [0, 0.1) is 17.8 Å². The average molecular weight is 541 g/mol. The minimum Gasteiger partial charge on any atom is -0.472 e. The lowest BCUT2D eigenvalue weighted by atomic mass is 9.83. The Morgan fingerprint density at radius 1 is 1.11 bits per heavy atom. The minimum absolute atomic E-state index is 0.0139. The number of Topliss-reactive ketones (excluding diaryl/α,β-unsaturated/α-hetero) is 1. The van der Waals surface area contributed by atoms with Crippen molar-refractivity contribution in [2.24, 2.45) is 17.8 Å². The molecule has 1 saturated carbocycles. The lowest BCUT2D eigenvalue weighted by Crippen LogP contribution is -2.60. The zero-order valence-corrected chi connectivity index (χ0v) is 22.0. The summed E-state index contributed by atoms with van der Waals surface area (Å²) in [6, 6.07) is 0. The molecule has 1 saturated heterocycles. The first-order valence-corrected chi connectivity index (χ1v) is 13.0. The molecule has 5 N–H and O–H groups in total. The first-order chi connectivity index (χ1) is 18.1. The van der Waals surface area contributed by atoms with Crippen LogP contribution in [0.4, 0.5) is 0 Å². The molecule has 0 bridgehead atoms.